The van der Waals surface area contributed by atoms with Crippen LogP contribution < -0.4 is 0 Å². The third-order valence-electron chi connectivity index (χ3n) is 4.87. The number of pyridine rings is 1. The number of aromatic nitrogens is 4. The van der Waals surface area contributed by atoms with E-state index in [0.29, 0.717) is 25.3 Å². The number of aromatic amines is 1. The van der Waals surface area contributed by atoms with E-state index in [0.717, 1.165) is 17.8 Å². The highest BCUT2D eigenvalue weighted by molar-refractivity contribution is 7.88. The molecule has 1 fully saturated rings. The first-order valence-electron chi connectivity index (χ1n) is 9.04. The van der Waals surface area contributed by atoms with Gasteiger partial charge in [0.2, 0.25) is 10.0 Å². The first kappa shape index (κ1) is 18.7. The van der Waals surface area contributed by atoms with E-state index in [1.54, 1.807) is 24.5 Å². The van der Waals surface area contributed by atoms with Gasteiger partial charge in [-0.3, -0.25) is 10.1 Å². The van der Waals surface area contributed by atoms with Gasteiger partial charge in [0.15, 0.2) is 5.82 Å². The number of nitrogens with zero attached hydrogens (tertiary/aromatic N) is 4. The second-order valence-electron chi connectivity index (χ2n) is 6.91. The summed E-state index contributed by atoms with van der Waals surface area (Å²) in [5, 5.41) is 7.14. The van der Waals surface area contributed by atoms with Gasteiger partial charge in [-0.15, -0.1) is 0 Å². The lowest BCUT2D eigenvalue weighted by Crippen LogP contribution is -2.30. The summed E-state index contributed by atoms with van der Waals surface area (Å²) in [5.74, 6) is 0.624. The van der Waals surface area contributed by atoms with Gasteiger partial charge >= 0.3 is 0 Å². The van der Waals surface area contributed by atoms with E-state index in [1.165, 1.54) is 16.4 Å². The number of hydrogen-bond acceptors (Lipinski definition) is 5. The molecule has 0 amide bonds. The highest BCUT2D eigenvalue weighted by Gasteiger charge is 2.32. The second-order valence-corrected chi connectivity index (χ2v) is 8.88. The van der Waals surface area contributed by atoms with Crippen LogP contribution in [-0.2, 0) is 22.2 Å². The quantitative estimate of drug-likeness (QED) is 0.685. The molecule has 3 heterocycles. The summed E-state index contributed by atoms with van der Waals surface area (Å²) in [4.78, 5) is 8.54. The maximum Gasteiger partial charge on any atom is 0.218 e. The van der Waals surface area contributed by atoms with Crippen molar-refractivity contribution in [3.8, 4) is 11.4 Å². The molecule has 1 N–H and O–H groups in total. The van der Waals surface area contributed by atoms with E-state index in [1.807, 2.05) is 12.1 Å². The fraction of sp³-hybridized carbons (Fsp3) is 0.316. The van der Waals surface area contributed by atoms with Crippen molar-refractivity contribution in [1.29, 1.82) is 0 Å². The molecule has 1 aromatic carbocycles. The number of H-pyrrole nitrogens is 1. The first-order valence-corrected chi connectivity index (χ1v) is 10.6. The van der Waals surface area contributed by atoms with Crippen LogP contribution in [0.3, 0.4) is 0 Å². The van der Waals surface area contributed by atoms with Gasteiger partial charge in [-0.2, -0.15) is 5.10 Å². The summed E-state index contributed by atoms with van der Waals surface area (Å²) < 4.78 is 40.6. The number of benzene rings is 1. The topological polar surface area (TPSA) is 91.8 Å². The molecule has 1 aliphatic rings. The number of hydrogen-bond donors (Lipinski definition) is 1. The number of halogens is 1. The number of sulfonamides is 1. The van der Waals surface area contributed by atoms with Gasteiger partial charge in [0.1, 0.15) is 11.6 Å². The predicted octanol–water partition coefficient (Wildman–Crippen LogP) is 2.40. The van der Waals surface area contributed by atoms with E-state index in [9.17, 15) is 12.8 Å². The van der Waals surface area contributed by atoms with E-state index in [-0.39, 0.29) is 17.2 Å². The molecule has 0 saturated carbocycles. The Morgan fingerprint density at radius 1 is 1.21 bits per heavy atom. The molecular formula is C19H20FN5O2S. The van der Waals surface area contributed by atoms with Gasteiger partial charge in [-0.05, 0) is 30.5 Å². The van der Waals surface area contributed by atoms with Crippen molar-refractivity contribution in [2.75, 3.05) is 13.1 Å². The number of nitrogens with one attached hydrogen (secondary N) is 1. The third-order valence-corrected chi connectivity index (χ3v) is 6.67. The number of rotatable bonds is 6. The minimum Gasteiger partial charge on any atom is -0.264 e. The summed E-state index contributed by atoms with van der Waals surface area (Å²) in [6, 6.07) is 9.68. The largest absolute Gasteiger partial charge is 0.264 e. The van der Waals surface area contributed by atoms with E-state index in [4.69, 9.17) is 0 Å². The standard InChI is InChI=1S/C19H20FN5O2S/c20-17-6-2-1-4-16(17)13-28(26,27)25-9-7-14(12-25)10-18-22-19(24-23-18)15-5-3-8-21-11-15/h1-6,8,11,14H,7,9-10,12-13H2,(H,22,23,24). The Morgan fingerprint density at radius 3 is 2.86 bits per heavy atom. The van der Waals surface area contributed by atoms with Crippen LogP contribution in [0, 0.1) is 11.7 Å². The van der Waals surface area contributed by atoms with Crippen molar-refractivity contribution in [2.45, 2.75) is 18.6 Å². The highest BCUT2D eigenvalue weighted by atomic mass is 32.2. The molecule has 0 radical (unpaired) electrons. The average Bonchev–Trinajstić information content (AvgIpc) is 3.35. The molecule has 3 aromatic rings. The zero-order valence-electron chi connectivity index (χ0n) is 15.1. The Morgan fingerprint density at radius 2 is 2.07 bits per heavy atom. The Labute approximate surface area is 162 Å². The van der Waals surface area contributed by atoms with Crippen LogP contribution in [0.15, 0.2) is 48.8 Å². The molecule has 146 valence electrons. The van der Waals surface area contributed by atoms with Crippen molar-refractivity contribution >= 4 is 10.0 Å². The van der Waals surface area contributed by atoms with Crippen LogP contribution in [0.5, 0.6) is 0 Å². The highest BCUT2D eigenvalue weighted by Crippen LogP contribution is 2.25. The fourth-order valence-electron chi connectivity index (χ4n) is 3.40. The predicted molar refractivity (Wildman–Crippen MR) is 102 cm³/mol. The lowest BCUT2D eigenvalue weighted by molar-refractivity contribution is 0.452. The second kappa shape index (κ2) is 7.76. The molecule has 1 saturated heterocycles. The van der Waals surface area contributed by atoms with Gasteiger partial charge in [0.25, 0.3) is 0 Å². The average molecular weight is 401 g/mol. The monoisotopic (exact) mass is 401 g/mol. The maximum absolute atomic E-state index is 13.8. The van der Waals surface area contributed by atoms with E-state index >= 15 is 0 Å². The van der Waals surface area contributed by atoms with Gasteiger partial charge in [0.05, 0.1) is 5.75 Å². The Kier molecular flexibility index (Phi) is 5.19. The van der Waals surface area contributed by atoms with Gasteiger partial charge in [-0.25, -0.2) is 22.1 Å². The van der Waals surface area contributed by atoms with Crippen LogP contribution in [0.25, 0.3) is 11.4 Å². The fourth-order valence-corrected chi connectivity index (χ4v) is 5.04. The van der Waals surface area contributed by atoms with Crippen molar-refractivity contribution in [1.82, 2.24) is 24.5 Å². The van der Waals surface area contributed by atoms with Gasteiger partial charge in [0, 0.05) is 43.0 Å². The summed E-state index contributed by atoms with van der Waals surface area (Å²) in [5.41, 5.74) is 1.02. The van der Waals surface area contributed by atoms with Crippen LogP contribution in [-0.4, -0.2) is 46.0 Å². The van der Waals surface area contributed by atoms with Crippen LogP contribution >= 0.6 is 0 Å². The van der Waals surface area contributed by atoms with Crippen molar-refractivity contribution in [2.24, 2.45) is 5.92 Å². The summed E-state index contributed by atoms with van der Waals surface area (Å²) in [6.07, 6.45) is 4.73. The SMILES string of the molecule is O=S(=O)(Cc1ccccc1F)N1CCC(Cc2nc(-c3cccnc3)n[nH]2)C1. The lowest BCUT2D eigenvalue weighted by Gasteiger charge is -2.16. The maximum atomic E-state index is 13.8. The van der Waals surface area contributed by atoms with Crippen molar-refractivity contribution in [3.63, 3.8) is 0 Å². The first-order chi connectivity index (χ1) is 13.5. The van der Waals surface area contributed by atoms with Gasteiger partial charge < -0.3 is 0 Å². The van der Waals surface area contributed by atoms with Gasteiger partial charge in [-0.1, -0.05) is 18.2 Å². The molecule has 0 spiro atoms. The molecule has 0 bridgehead atoms. The molecule has 1 atom stereocenters. The minimum absolute atomic E-state index is 0.144. The molecule has 7 nitrogen and oxygen atoms in total. The van der Waals surface area contributed by atoms with E-state index in [2.05, 4.69) is 20.2 Å². The van der Waals surface area contributed by atoms with E-state index < -0.39 is 15.8 Å². The normalized spacial score (nSPS) is 17.8. The molecule has 28 heavy (non-hydrogen) atoms. The molecule has 1 unspecified atom stereocenters. The Bertz CT molecular complexity index is 1050. The van der Waals surface area contributed by atoms with Crippen molar-refractivity contribution in [3.05, 3.63) is 66.0 Å². The zero-order valence-corrected chi connectivity index (χ0v) is 15.9. The van der Waals surface area contributed by atoms with Crippen LogP contribution in [0.1, 0.15) is 17.8 Å². The third kappa shape index (κ3) is 4.10. The van der Waals surface area contributed by atoms with Crippen LogP contribution in [0.2, 0.25) is 0 Å². The lowest BCUT2D eigenvalue weighted by atomic mass is 10.1. The van der Waals surface area contributed by atoms with Crippen LogP contribution in [0.4, 0.5) is 4.39 Å². The summed E-state index contributed by atoms with van der Waals surface area (Å²) in [7, 11) is -3.56. The smallest absolute Gasteiger partial charge is 0.218 e. The summed E-state index contributed by atoms with van der Waals surface area (Å²) >= 11 is 0. The van der Waals surface area contributed by atoms with Crippen molar-refractivity contribution < 1.29 is 12.8 Å². The molecular weight excluding hydrogens is 381 g/mol. The molecule has 0 aliphatic carbocycles. The molecule has 1 aliphatic heterocycles. The molecule has 9 heteroatoms. The molecule has 4 rings (SSSR count). The minimum atomic E-state index is -3.56. The Hall–Kier alpha value is -2.65. The summed E-state index contributed by atoms with van der Waals surface area (Å²) in [6.45, 7) is 0.838. The zero-order chi connectivity index (χ0) is 19.6. The molecule has 2 aromatic heterocycles. The Balaban J connectivity index is 1.39.